The number of aromatic nitrogens is 2. The summed E-state index contributed by atoms with van der Waals surface area (Å²) in [5, 5.41) is 0. The van der Waals surface area contributed by atoms with Crippen molar-refractivity contribution in [3.63, 3.8) is 0 Å². The van der Waals surface area contributed by atoms with Gasteiger partial charge in [-0.05, 0) is 50.9 Å². The van der Waals surface area contributed by atoms with Gasteiger partial charge in [-0.25, -0.2) is 18.7 Å². The van der Waals surface area contributed by atoms with Crippen molar-refractivity contribution in [3.8, 4) is 11.6 Å². The minimum absolute atomic E-state index is 0.211. The Balaban J connectivity index is 1.38. The number of likely N-dealkylation sites (tertiary alicyclic amines) is 1. The summed E-state index contributed by atoms with van der Waals surface area (Å²) < 4.78 is 32.0. The number of halogens is 2. The van der Waals surface area contributed by atoms with Gasteiger partial charge >= 0.3 is 0 Å². The maximum Gasteiger partial charge on any atom is 0.224 e. The minimum atomic E-state index is -0.943. The van der Waals surface area contributed by atoms with E-state index in [9.17, 15) is 8.78 Å². The summed E-state index contributed by atoms with van der Waals surface area (Å²) in [6, 6.07) is 5.85. The van der Waals surface area contributed by atoms with Crippen LogP contribution in [-0.2, 0) is 0 Å². The van der Waals surface area contributed by atoms with Gasteiger partial charge in [0.25, 0.3) is 0 Å². The minimum Gasteiger partial charge on any atom is -0.439 e. The van der Waals surface area contributed by atoms with Gasteiger partial charge in [-0.1, -0.05) is 6.42 Å². The molecule has 2 aromatic rings. The molecule has 144 valence electrons. The van der Waals surface area contributed by atoms with Gasteiger partial charge < -0.3 is 14.5 Å². The lowest BCUT2D eigenvalue weighted by molar-refractivity contribution is 0.141. The normalized spacial score (nSPS) is 19.3. The van der Waals surface area contributed by atoms with Gasteiger partial charge in [-0.3, -0.25) is 0 Å². The quantitative estimate of drug-likeness (QED) is 0.809. The van der Waals surface area contributed by atoms with Crippen molar-refractivity contribution in [1.82, 2.24) is 14.9 Å². The highest BCUT2D eigenvalue weighted by Gasteiger charge is 2.26. The number of rotatable bonds is 4. The van der Waals surface area contributed by atoms with E-state index >= 15 is 0 Å². The molecule has 0 aliphatic carbocycles. The summed E-state index contributed by atoms with van der Waals surface area (Å²) >= 11 is 0. The summed E-state index contributed by atoms with van der Waals surface area (Å²) in [6.45, 7) is 4.35. The Hall–Kier alpha value is -2.28. The van der Waals surface area contributed by atoms with Crippen molar-refractivity contribution in [1.29, 1.82) is 0 Å². The van der Waals surface area contributed by atoms with Gasteiger partial charge in [0.05, 0.1) is 0 Å². The van der Waals surface area contributed by atoms with Crippen LogP contribution >= 0.6 is 0 Å². The summed E-state index contributed by atoms with van der Waals surface area (Å²) in [5.74, 6) is -0.505. The summed E-state index contributed by atoms with van der Waals surface area (Å²) in [6.07, 6.45) is 7.69. The molecular weight excluding hydrogens is 350 g/mol. The number of nitrogens with zero attached hydrogens (tertiary/aromatic N) is 4. The van der Waals surface area contributed by atoms with Crippen molar-refractivity contribution in [3.05, 3.63) is 42.2 Å². The van der Waals surface area contributed by atoms with Gasteiger partial charge in [0, 0.05) is 31.3 Å². The van der Waals surface area contributed by atoms with E-state index in [1.807, 2.05) is 0 Å². The highest BCUT2D eigenvalue weighted by molar-refractivity contribution is 5.42. The third-order valence-corrected chi connectivity index (χ3v) is 5.44. The van der Waals surface area contributed by atoms with Gasteiger partial charge in [0.1, 0.15) is 17.9 Å². The van der Waals surface area contributed by atoms with Gasteiger partial charge in [-0.2, -0.15) is 0 Å². The molecule has 0 N–H and O–H groups in total. The molecule has 0 amide bonds. The van der Waals surface area contributed by atoms with Crippen LogP contribution in [-0.4, -0.2) is 47.1 Å². The average molecular weight is 374 g/mol. The van der Waals surface area contributed by atoms with Crippen molar-refractivity contribution < 1.29 is 13.5 Å². The molecule has 2 fully saturated rings. The molecule has 0 radical (unpaired) electrons. The molecule has 2 aliphatic heterocycles. The zero-order chi connectivity index (χ0) is 18.6. The molecule has 5 nitrogen and oxygen atoms in total. The Morgan fingerprint density at radius 3 is 2.41 bits per heavy atom. The topological polar surface area (TPSA) is 41.5 Å². The first-order valence-electron chi connectivity index (χ1n) is 9.63. The predicted molar refractivity (Wildman–Crippen MR) is 99.1 cm³/mol. The van der Waals surface area contributed by atoms with Gasteiger partial charge in [-0.15, -0.1) is 0 Å². The third kappa shape index (κ3) is 4.35. The fourth-order valence-corrected chi connectivity index (χ4v) is 3.96. The zero-order valence-corrected chi connectivity index (χ0v) is 15.3. The Labute approximate surface area is 158 Å². The molecule has 27 heavy (non-hydrogen) atoms. The van der Waals surface area contributed by atoms with E-state index in [-0.39, 0.29) is 5.75 Å². The van der Waals surface area contributed by atoms with Crippen LogP contribution in [0.5, 0.6) is 11.6 Å². The second-order valence-corrected chi connectivity index (χ2v) is 7.21. The highest BCUT2D eigenvalue weighted by Crippen LogP contribution is 2.27. The second-order valence-electron chi connectivity index (χ2n) is 7.21. The Morgan fingerprint density at radius 1 is 0.889 bits per heavy atom. The lowest BCUT2D eigenvalue weighted by Gasteiger charge is -2.40. The average Bonchev–Trinajstić information content (AvgIpc) is 2.72. The molecule has 4 rings (SSSR count). The van der Waals surface area contributed by atoms with Crippen LogP contribution in [0.4, 0.5) is 14.6 Å². The molecule has 2 aliphatic rings. The molecule has 2 saturated heterocycles. The monoisotopic (exact) mass is 374 g/mol. The third-order valence-electron chi connectivity index (χ3n) is 5.44. The number of anilines is 1. The van der Waals surface area contributed by atoms with Gasteiger partial charge in [0.2, 0.25) is 5.88 Å². The van der Waals surface area contributed by atoms with Crippen molar-refractivity contribution >= 4 is 5.82 Å². The zero-order valence-electron chi connectivity index (χ0n) is 15.3. The number of ether oxygens (including phenoxy) is 1. The lowest BCUT2D eigenvalue weighted by atomic mass is 10.00. The van der Waals surface area contributed by atoms with E-state index in [0.717, 1.165) is 43.9 Å². The van der Waals surface area contributed by atoms with E-state index in [2.05, 4.69) is 19.8 Å². The van der Waals surface area contributed by atoms with E-state index in [0.29, 0.717) is 11.9 Å². The molecule has 0 atom stereocenters. The maximum absolute atomic E-state index is 13.3. The predicted octanol–water partition coefficient (Wildman–Crippen LogP) is 4.00. The van der Waals surface area contributed by atoms with E-state index < -0.39 is 11.6 Å². The molecule has 0 saturated carbocycles. The van der Waals surface area contributed by atoms with Crippen molar-refractivity contribution in [2.75, 3.05) is 31.1 Å². The second kappa shape index (κ2) is 8.17. The fraction of sp³-hybridized carbons (Fsp3) is 0.500. The van der Waals surface area contributed by atoms with Crippen LogP contribution in [0.3, 0.4) is 0 Å². The van der Waals surface area contributed by atoms with Crippen LogP contribution in [0.2, 0.25) is 0 Å². The number of hydrogen-bond donors (Lipinski definition) is 0. The molecule has 7 heteroatoms. The van der Waals surface area contributed by atoms with E-state index in [4.69, 9.17) is 4.74 Å². The summed E-state index contributed by atoms with van der Waals surface area (Å²) in [7, 11) is 0. The number of benzene rings is 1. The maximum atomic E-state index is 13.3. The SMILES string of the molecule is Fc1ccc(Oc2cc(N3CCC(N4CCCCC4)CC3)ncn2)cc1F. The van der Waals surface area contributed by atoms with E-state index in [1.54, 1.807) is 6.07 Å². The number of piperidine rings is 2. The molecule has 0 spiro atoms. The van der Waals surface area contributed by atoms with Crippen LogP contribution in [0.15, 0.2) is 30.6 Å². The molecule has 0 unspecified atom stereocenters. The van der Waals surface area contributed by atoms with Crippen molar-refractivity contribution in [2.45, 2.75) is 38.1 Å². The van der Waals surface area contributed by atoms with Crippen LogP contribution < -0.4 is 9.64 Å². The summed E-state index contributed by atoms with van der Waals surface area (Å²) in [4.78, 5) is 13.3. The first-order valence-corrected chi connectivity index (χ1v) is 9.63. The molecule has 3 heterocycles. The first kappa shape index (κ1) is 18.1. The number of hydrogen-bond acceptors (Lipinski definition) is 5. The van der Waals surface area contributed by atoms with Crippen LogP contribution in [0, 0.1) is 11.6 Å². The molecule has 1 aromatic heterocycles. The fourth-order valence-electron chi connectivity index (χ4n) is 3.96. The van der Waals surface area contributed by atoms with Gasteiger partial charge in [0.15, 0.2) is 11.6 Å². The largest absolute Gasteiger partial charge is 0.439 e. The molecule has 1 aromatic carbocycles. The standard InChI is InChI=1S/C20H24F2N4O/c21-17-5-4-16(12-18(17)22)27-20-13-19(23-14-24-20)26-10-6-15(7-11-26)25-8-2-1-3-9-25/h4-5,12-15H,1-3,6-11H2. The van der Waals surface area contributed by atoms with Crippen LogP contribution in [0.25, 0.3) is 0 Å². The van der Waals surface area contributed by atoms with Crippen LogP contribution in [0.1, 0.15) is 32.1 Å². The van der Waals surface area contributed by atoms with E-state index in [1.165, 1.54) is 44.7 Å². The smallest absolute Gasteiger partial charge is 0.224 e. The Bertz CT molecular complexity index is 774. The Kier molecular flexibility index (Phi) is 5.48. The highest BCUT2D eigenvalue weighted by atomic mass is 19.2. The Morgan fingerprint density at radius 2 is 1.67 bits per heavy atom. The first-order chi connectivity index (χ1) is 13.2. The molecule has 0 bridgehead atoms. The molecular formula is C20H24F2N4O. The lowest BCUT2D eigenvalue weighted by Crippen LogP contribution is -2.46. The van der Waals surface area contributed by atoms with Crippen molar-refractivity contribution in [2.24, 2.45) is 0 Å². The summed E-state index contributed by atoms with van der Waals surface area (Å²) in [5.41, 5.74) is 0.